The summed E-state index contributed by atoms with van der Waals surface area (Å²) in [6.07, 6.45) is 0. The van der Waals surface area contributed by atoms with Gasteiger partial charge < -0.3 is 29.2 Å². The molecule has 2 amide bonds. The predicted octanol–water partition coefficient (Wildman–Crippen LogP) is 3.89. The molecule has 1 N–H and O–H groups in total. The maximum absolute atomic E-state index is 12.9. The van der Waals surface area contributed by atoms with E-state index >= 15 is 0 Å². The molecule has 0 radical (unpaired) electrons. The van der Waals surface area contributed by atoms with Crippen LogP contribution in [-0.4, -0.2) is 44.7 Å². The van der Waals surface area contributed by atoms with E-state index in [9.17, 15) is 9.59 Å². The minimum Gasteiger partial charge on any atom is -0.497 e. The van der Waals surface area contributed by atoms with Crippen molar-refractivity contribution in [1.29, 1.82) is 0 Å². The molecule has 0 bridgehead atoms. The molecule has 0 atom stereocenters. The van der Waals surface area contributed by atoms with Crippen LogP contribution in [0.2, 0.25) is 0 Å². The zero-order valence-electron chi connectivity index (χ0n) is 19.3. The number of carbonyl (C=O) groups excluding carboxylic acids is 2. The van der Waals surface area contributed by atoms with Crippen molar-refractivity contribution in [2.45, 2.75) is 13.1 Å². The summed E-state index contributed by atoms with van der Waals surface area (Å²) in [6.45, 7) is 0.716. The van der Waals surface area contributed by atoms with E-state index in [1.54, 1.807) is 42.3 Å². The highest BCUT2D eigenvalue weighted by atomic mass is 16.5. The molecular formula is C26H26N2O6. The molecule has 1 heterocycles. The monoisotopic (exact) mass is 462 g/mol. The lowest BCUT2D eigenvalue weighted by Gasteiger charge is -2.20. The highest BCUT2D eigenvalue weighted by Crippen LogP contribution is 2.29. The fourth-order valence-corrected chi connectivity index (χ4v) is 3.72. The quantitative estimate of drug-likeness (QED) is 0.574. The first-order chi connectivity index (χ1) is 16.5. The van der Waals surface area contributed by atoms with Crippen molar-refractivity contribution in [3.05, 3.63) is 77.4 Å². The van der Waals surface area contributed by atoms with Gasteiger partial charge in [-0.25, -0.2) is 0 Å². The number of rotatable bonds is 7. The number of benzene rings is 3. The number of nitrogens with one attached hydrogen (secondary N) is 1. The third-order valence-corrected chi connectivity index (χ3v) is 5.50. The first-order valence-corrected chi connectivity index (χ1v) is 10.7. The van der Waals surface area contributed by atoms with Gasteiger partial charge in [0.25, 0.3) is 11.8 Å². The van der Waals surface area contributed by atoms with E-state index in [0.717, 1.165) is 16.9 Å². The molecular weight excluding hydrogens is 436 g/mol. The van der Waals surface area contributed by atoms with Crippen LogP contribution in [-0.2, 0) is 17.9 Å². The Kier molecular flexibility index (Phi) is 6.87. The smallest absolute Gasteiger partial charge is 0.261 e. The van der Waals surface area contributed by atoms with Crippen molar-refractivity contribution in [2.75, 3.05) is 33.3 Å². The molecule has 3 aromatic rings. The van der Waals surface area contributed by atoms with Crippen LogP contribution in [0.25, 0.3) is 0 Å². The lowest BCUT2D eigenvalue weighted by atomic mass is 10.1. The molecule has 0 saturated heterocycles. The van der Waals surface area contributed by atoms with Crippen molar-refractivity contribution < 1.29 is 28.5 Å². The molecule has 0 saturated carbocycles. The molecule has 0 spiro atoms. The second-order valence-electron chi connectivity index (χ2n) is 7.77. The van der Waals surface area contributed by atoms with Crippen molar-refractivity contribution in [1.82, 2.24) is 4.90 Å². The molecule has 0 fully saturated rings. The zero-order chi connectivity index (χ0) is 24.1. The van der Waals surface area contributed by atoms with Crippen LogP contribution in [0, 0.1) is 0 Å². The average molecular weight is 463 g/mol. The standard InChI is InChI=1S/C26H26N2O6/c1-31-21-6-4-5-17(9-21)14-28-15-19-10-20(7-8-24(19)34-16-25(28)29)27-26(30)18-11-22(32-2)13-23(12-18)33-3/h4-13H,14-16H2,1-3H3,(H,27,30). The largest absolute Gasteiger partial charge is 0.497 e. The third-order valence-electron chi connectivity index (χ3n) is 5.50. The van der Waals surface area contributed by atoms with E-state index in [2.05, 4.69) is 5.32 Å². The maximum Gasteiger partial charge on any atom is 0.261 e. The molecule has 1 aliphatic heterocycles. The molecule has 3 aromatic carbocycles. The summed E-state index contributed by atoms with van der Waals surface area (Å²) in [6, 6.07) is 17.9. The molecule has 0 aliphatic carbocycles. The van der Waals surface area contributed by atoms with E-state index < -0.39 is 0 Å². The van der Waals surface area contributed by atoms with Gasteiger partial charge in [-0.05, 0) is 48.0 Å². The Balaban J connectivity index is 1.53. The normalized spacial score (nSPS) is 12.8. The first-order valence-electron chi connectivity index (χ1n) is 10.7. The minimum atomic E-state index is -0.309. The van der Waals surface area contributed by atoms with Crippen LogP contribution in [0.15, 0.2) is 60.7 Å². The van der Waals surface area contributed by atoms with Gasteiger partial charge in [0, 0.05) is 36.0 Å². The summed E-state index contributed by atoms with van der Waals surface area (Å²) >= 11 is 0. The molecule has 0 unspecified atom stereocenters. The second kappa shape index (κ2) is 10.2. The van der Waals surface area contributed by atoms with E-state index in [0.29, 0.717) is 41.6 Å². The number of carbonyl (C=O) groups is 2. The number of fused-ring (bicyclic) bond motifs is 1. The van der Waals surface area contributed by atoms with E-state index in [1.165, 1.54) is 14.2 Å². The first kappa shape index (κ1) is 23.0. The Morgan fingerprint density at radius 3 is 2.38 bits per heavy atom. The van der Waals surface area contributed by atoms with Crippen molar-refractivity contribution in [2.24, 2.45) is 0 Å². The molecule has 34 heavy (non-hydrogen) atoms. The van der Waals surface area contributed by atoms with Crippen LogP contribution in [0.1, 0.15) is 21.5 Å². The molecule has 1 aliphatic rings. The number of hydrogen-bond acceptors (Lipinski definition) is 6. The Morgan fingerprint density at radius 2 is 1.68 bits per heavy atom. The van der Waals surface area contributed by atoms with E-state index in [4.69, 9.17) is 18.9 Å². The number of methoxy groups -OCH3 is 3. The van der Waals surface area contributed by atoms with E-state index in [-0.39, 0.29) is 18.4 Å². The Hall–Kier alpha value is -4.20. The van der Waals surface area contributed by atoms with Crippen LogP contribution < -0.4 is 24.3 Å². The summed E-state index contributed by atoms with van der Waals surface area (Å²) in [4.78, 5) is 27.3. The molecule has 4 rings (SSSR count). The summed E-state index contributed by atoms with van der Waals surface area (Å²) < 4.78 is 21.5. The lowest BCUT2D eigenvalue weighted by Crippen LogP contribution is -2.31. The van der Waals surface area contributed by atoms with Crippen LogP contribution in [0.4, 0.5) is 5.69 Å². The van der Waals surface area contributed by atoms with Crippen molar-refractivity contribution in [3.63, 3.8) is 0 Å². The van der Waals surface area contributed by atoms with Gasteiger partial charge in [-0.15, -0.1) is 0 Å². The highest BCUT2D eigenvalue weighted by Gasteiger charge is 2.22. The van der Waals surface area contributed by atoms with Crippen LogP contribution in [0.5, 0.6) is 23.0 Å². The van der Waals surface area contributed by atoms with Crippen LogP contribution >= 0.6 is 0 Å². The van der Waals surface area contributed by atoms with Gasteiger partial charge in [0.05, 0.1) is 21.3 Å². The fourth-order valence-electron chi connectivity index (χ4n) is 3.72. The van der Waals surface area contributed by atoms with Gasteiger partial charge >= 0.3 is 0 Å². The van der Waals surface area contributed by atoms with Gasteiger partial charge in [0.1, 0.15) is 23.0 Å². The van der Waals surface area contributed by atoms with Gasteiger partial charge in [0.2, 0.25) is 0 Å². The number of ether oxygens (including phenoxy) is 4. The SMILES string of the molecule is COc1cccc(CN2Cc3cc(NC(=O)c4cc(OC)cc(OC)c4)ccc3OCC2=O)c1. The Bertz CT molecular complexity index is 1190. The van der Waals surface area contributed by atoms with Gasteiger partial charge in [-0.1, -0.05) is 12.1 Å². The summed E-state index contributed by atoms with van der Waals surface area (Å²) in [5.74, 6) is 1.96. The zero-order valence-corrected chi connectivity index (χ0v) is 19.3. The van der Waals surface area contributed by atoms with Gasteiger partial charge in [-0.3, -0.25) is 9.59 Å². The highest BCUT2D eigenvalue weighted by molar-refractivity contribution is 6.05. The summed E-state index contributed by atoms with van der Waals surface area (Å²) in [5, 5.41) is 2.90. The predicted molar refractivity (Wildman–Crippen MR) is 127 cm³/mol. The van der Waals surface area contributed by atoms with E-state index in [1.807, 2.05) is 30.3 Å². The minimum absolute atomic E-state index is 0.0493. The molecule has 8 nitrogen and oxygen atoms in total. The summed E-state index contributed by atoms with van der Waals surface area (Å²) in [7, 11) is 4.67. The van der Waals surface area contributed by atoms with Crippen molar-refractivity contribution >= 4 is 17.5 Å². The lowest BCUT2D eigenvalue weighted by molar-refractivity contribution is -0.133. The number of amides is 2. The van der Waals surface area contributed by atoms with Gasteiger partial charge in [-0.2, -0.15) is 0 Å². The van der Waals surface area contributed by atoms with Gasteiger partial charge in [0.15, 0.2) is 6.61 Å². The van der Waals surface area contributed by atoms with Crippen molar-refractivity contribution in [3.8, 4) is 23.0 Å². The average Bonchev–Trinajstić information content (AvgIpc) is 3.01. The number of anilines is 1. The molecule has 8 heteroatoms. The molecule has 0 aromatic heterocycles. The second-order valence-corrected chi connectivity index (χ2v) is 7.77. The fraction of sp³-hybridized carbons (Fsp3) is 0.231. The third kappa shape index (κ3) is 5.23. The Labute approximate surface area is 198 Å². The van der Waals surface area contributed by atoms with Crippen LogP contribution in [0.3, 0.4) is 0 Å². The summed E-state index contributed by atoms with van der Waals surface area (Å²) in [5.41, 5.74) is 2.74. The molecule has 176 valence electrons. The Morgan fingerprint density at radius 1 is 0.941 bits per heavy atom. The number of nitrogens with zero attached hydrogens (tertiary/aromatic N) is 1. The topological polar surface area (TPSA) is 86.3 Å². The number of hydrogen-bond donors (Lipinski definition) is 1. The maximum atomic E-state index is 12.9.